The second-order valence-electron chi connectivity index (χ2n) is 5.53. The summed E-state index contributed by atoms with van der Waals surface area (Å²) in [4.78, 5) is 4.12. The summed E-state index contributed by atoms with van der Waals surface area (Å²) in [5.74, 6) is 0. The number of aliphatic hydroxyl groups is 2. The smallest absolute Gasteiger partial charge is 0.0774 e. The van der Waals surface area contributed by atoms with E-state index in [4.69, 9.17) is 0 Å². The summed E-state index contributed by atoms with van der Waals surface area (Å²) < 4.78 is 0. The zero-order chi connectivity index (χ0) is 13.8. The number of hydrogen-bond donors (Lipinski definition) is 2. The van der Waals surface area contributed by atoms with Crippen molar-refractivity contribution in [3.05, 3.63) is 41.7 Å². The van der Waals surface area contributed by atoms with E-state index in [1.165, 1.54) is 0 Å². The van der Waals surface area contributed by atoms with Gasteiger partial charge < -0.3 is 10.2 Å². The van der Waals surface area contributed by atoms with E-state index in [1.54, 1.807) is 52.2 Å². The highest BCUT2D eigenvalue weighted by atomic mass is 16.3. The van der Waals surface area contributed by atoms with Crippen molar-refractivity contribution >= 4 is 12.2 Å². The second-order valence-corrected chi connectivity index (χ2v) is 5.53. The van der Waals surface area contributed by atoms with E-state index >= 15 is 0 Å². The topological polar surface area (TPSA) is 53.4 Å². The lowest BCUT2D eigenvalue weighted by atomic mass is 10.1. The van der Waals surface area contributed by atoms with E-state index < -0.39 is 11.2 Å². The first-order chi connectivity index (χ1) is 8.16. The SMILES string of the molecule is CC(C)(O)/C=C/c1cncc(/C=C/C(C)(C)O)c1. The molecular formula is C15H21NO2. The Hall–Kier alpha value is -1.45. The predicted octanol–water partition coefficient (Wildman–Crippen LogP) is 2.65. The molecule has 18 heavy (non-hydrogen) atoms. The van der Waals surface area contributed by atoms with Crippen LogP contribution in [0.5, 0.6) is 0 Å². The van der Waals surface area contributed by atoms with Gasteiger partial charge in [0.1, 0.15) is 0 Å². The minimum absolute atomic E-state index is 0.834. The van der Waals surface area contributed by atoms with Crippen LogP contribution in [0.15, 0.2) is 30.6 Å². The van der Waals surface area contributed by atoms with E-state index in [9.17, 15) is 10.2 Å². The van der Waals surface area contributed by atoms with Crippen LogP contribution in [-0.2, 0) is 0 Å². The zero-order valence-corrected chi connectivity index (χ0v) is 11.4. The van der Waals surface area contributed by atoms with Gasteiger partial charge in [0.25, 0.3) is 0 Å². The lowest BCUT2D eigenvalue weighted by Crippen LogP contribution is -2.13. The molecule has 0 aliphatic heterocycles. The maximum atomic E-state index is 9.60. The Balaban J connectivity index is 2.87. The quantitative estimate of drug-likeness (QED) is 0.860. The largest absolute Gasteiger partial charge is 0.386 e. The fourth-order valence-corrected chi connectivity index (χ4v) is 1.26. The number of pyridine rings is 1. The van der Waals surface area contributed by atoms with E-state index in [0.29, 0.717) is 0 Å². The van der Waals surface area contributed by atoms with Crippen LogP contribution in [0, 0.1) is 0 Å². The van der Waals surface area contributed by atoms with Crippen molar-refractivity contribution in [2.45, 2.75) is 38.9 Å². The maximum absolute atomic E-state index is 9.60. The van der Waals surface area contributed by atoms with Crippen LogP contribution in [0.4, 0.5) is 0 Å². The summed E-state index contributed by atoms with van der Waals surface area (Å²) in [6.07, 6.45) is 10.5. The first-order valence-corrected chi connectivity index (χ1v) is 5.94. The molecule has 2 N–H and O–H groups in total. The average Bonchev–Trinajstić information content (AvgIpc) is 2.22. The van der Waals surface area contributed by atoms with E-state index in [-0.39, 0.29) is 0 Å². The van der Waals surface area contributed by atoms with Crippen molar-refractivity contribution in [3.8, 4) is 0 Å². The van der Waals surface area contributed by atoms with Gasteiger partial charge in [-0.25, -0.2) is 0 Å². The Kier molecular flexibility index (Phi) is 4.43. The van der Waals surface area contributed by atoms with Crippen molar-refractivity contribution in [3.63, 3.8) is 0 Å². The summed E-state index contributed by atoms with van der Waals surface area (Å²) in [6, 6.07) is 1.94. The van der Waals surface area contributed by atoms with Gasteiger partial charge in [-0.1, -0.05) is 24.3 Å². The monoisotopic (exact) mass is 247 g/mol. The molecule has 1 aromatic rings. The third-order valence-electron chi connectivity index (χ3n) is 2.15. The third kappa shape index (κ3) is 6.33. The maximum Gasteiger partial charge on any atom is 0.0774 e. The molecule has 0 radical (unpaired) electrons. The first kappa shape index (κ1) is 14.6. The molecule has 3 nitrogen and oxygen atoms in total. The molecule has 1 aromatic heterocycles. The highest BCUT2D eigenvalue weighted by Crippen LogP contribution is 2.12. The summed E-state index contributed by atoms with van der Waals surface area (Å²) in [5.41, 5.74) is 0.155. The predicted molar refractivity (Wildman–Crippen MR) is 74.9 cm³/mol. The Bertz CT molecular complexity index is 409. The molecule has 0 aliphatic carbocycles. The van der Waals surface area contributed by atoms with E-state index in [0.717, 1.165) is 11.1 Å². The van der Waals surface area contributed by atoms with Crippen molar-refractivity contribution in [2.75, 3.05) is 0 Å². The van der Waals surface area contributed by atoms with Crippen LogP contribution in [0.1, 0.15) is 38.8 Å². The van der Waals surface area contributed by atoms with Gasteiger partial charge in [0.15, 0.2) is 0 Å². The molecule has 1 heterocycles. The van der Waals surface area contributed by atoms with Crippen LogP contribution in [-0.4, -0.2) is 26.4 Å². The lowest BCUT2D eigenvalue weighted by molar-refractivity contribution is 0.133. The van der Waals surface area contributed by atoms with Gasteiger partial charge in [-0.3, -0.25) is 4.98 Å². The molecule has 0 fully saturated rings. The fraction of sp³-hybridized carbons (Fsp3) is 0.400. The summed E-state index contributed by atoms with van der Waals surface area (Å²) >= 11 is 0. The highest BCUT2D eigenvalue weighted by Gasteiger charge is 2.07. The fourth-order valence-electron chi connectivity index (χ4n) is 1.26. The summed E-state index contributed by atoms with van der Waals surface area (Å²) in [6.45, 7) is 6.87. The molecule has 0 aromatic carbocycles. The van der Waals surface area contributed by atoms with Crippen molar-refractivity contribution in [1.82, 2.24) is 4.98 Å². The highest BCUT2D eigenvalue weighted by molar-refractivity contribution is 5.57. The number of aromatic nitrogens is 1. The van der Waals surface area contributed by atoms with Crippen LogP contribution >= 0.6 is 0 Å². The minimum Gasteiger partial charge on any atom is -0.386 e. The Labute approximate surface area is 109 Å². The molecule has 0 saturated heterocycles. The van der Waals surface area contributed by atoms with Crippen LogP contribution < -0.4 is 0 Å². The molecule has 0 unspecified atom stereocenters. The third-order valence-corrected chi connectivity index (χ3v) is 2.15. The molecule has 0 saturated carbocycles. The standard InChI is InChI=1S/C15H21NO2/c1-14(2,17)7-5-12-9-13(11-16-10-12)6-8-15(3,4)18/h5-11,17-18H,1-4H3/b7-5+,8-6+. The molecule has 3 heteroatoms. The zero-order valence-electron chi connectivity index (χ0n) is 11.4. The number of rotatable bonds is 4. The summed E-state index contributed by atoms with van der Waals surface area (Å²) in [7, 11) is 0. The summed E-state index contributed by atoms with van der Waals surface area (Å²) in [5, 5.41) is 19.2. The van der Waals surface area contributed by atoms with E-state index in [2.05, 4.69) is 4.98 Å². The van der Waals surface area contributed by atoms with Gasteiger partial charge in [-0.15, -0.1) is 0 Å². The van der Waals surface area contributed by atoms with Gasteiger partial charge in [-0.2, -0.15) is 0 Å². The van der Waals surface area contributed by atoms with Crippen molar-refractivity contribution in [2.24, 2.45) is 0 Å². The minimum atomic E-state index is -0.834. The van der Waals surface area contributed by atoms with Crippen molar-refractivity contribution in [1.29, 1.82) is 0 Å². The second kappa shape index (κ2) is 5.46. The van der Waals surface area contributed by atoms with Gasteiger partial charge in [0.2, 0.25) is 0 Å². The molecule has 0 aliphatic rings. The number of hydrogen-bond acceptors (Lipinski definition) is 3. The Morgan fingerprint density at radius 3 is 1.61 bits per heavy atom. The molecule has 0 spiro atoms. The van der Waals surface area contributed by atoms with Gasteiger partial charge in [0.05, 0.1) is 11.2 Å². The van der Waals surface area contributed by atoms with Crippen LogP contribution in [0.3, 0.4) is 0 Å². The van der Waals surface area contributed by atoms with Crippen LogP contribution in [0.25, 0.3) is 12.2 Å². The van der Waals surface area contributed by atoms with Gasteiger partial charge in [-0.05, 0) is 44.9 Å². The average molecular weight is 247 g/mol. The number of nitrogens with zero attached hydrogens (tertiary/aromatic N) is 1. The normalized spacial score (nSPS) is 13.7. The molecule has 1 rings (SSSR count). The molecular weight excluding hydrogens is 226 g/mol. The lowest BCUT2D eigenvalue weighted by Gasteiger charge is -2.10. The van der Waals surface area contributed by atoms with Crippen molar-refractivity contribution < 1.29 is 10.2 Å². The molecule has 0 atom stereocenters. The Morgan fingerprint density at radius 1 is 0.889 bits per heavy atom. The first-order valence-electron chi connectivity index (χ1n) is 5.94. The molecule has 0 amide bonds. The molecule has 0 bridgehead atoms. The molecule has 98 valence electrons. The van der Waals surface area contributed by atoms with Crippen LogP contribution in [0.2, 0.25) is 0 Å². The van der Waals surface area contributed by atoms with Gasteiger partial charge >= 0.3 is 0 Å². The Morgan fingerprint density at radius 2 is 1.28 bits per heavy atom. The van der Waals surface area contributed by atoms with E-state index in [1.807, 2.05) is 18.2 Å². The van der Waals surface area contributed by atoms with Gasteiger partial charge in [0, 0.05) is 12.4 Å².